The van der Waals surface area contributed by atoms with Crippen LogP contribution in [0.1, 0.15) is 31.1 Å². The monoisotopic (exact) mass is 241 g/mol. The van der Waals surface area contributed by atoms with E-state index in [1.165, 1.54) is 29.5 Å². The lowest BCUT2D eigenvalue weighted by molar-refractivity contribution is 0.483. The van der Waals surface area contributed by atoms with Crippen molar-refractivity contribution in [3.63, 3.8) is 0 Å². The van der Waals surface area contributed by atoms with Gasteiger partial charge in [-0.2, -0.15) is 0 Å². The molecule has 0 unspecified atom stereocenters. The molecular weight excluding hydrogens is 222 g/mol. The maximum absolute atomic E-state index is 5.59. The average molecular weight is 241 g/mol. The minimum Gasteiger partial charge on any atom is -0.467 e. The number of nitrogens with one attached hydrogen (secondary N) is 1. The van der Waals surface area contributed by atoms with Crippen molar-refractivity contribution < 1.29 is 4.42 Å². The summed E-state index contributed by atoms with van der Waals surface area (Å²) in [4.78, 5) is 0. The summed E-state index contributed by atoms with van der Waals surface area (Å²) in [6.45, 7) is 3.01. The molecule has 1 saturated carbocycles. The Balaban J connectivity index is 1.78. The van der Waals surface area contributed by atoms with Gasteiger partial charge in [-0.05, 0) is 36.5 Å². The molecule has 0 atom stereocenters. The highest BCUT2D eigenvalue weighted by atomic mass is 16.3. The number of hydrogen-bond donors (Lipinski definition) is 1. The van der Waals surface area contributed by atoms with Crippen molar-refractivity contribution in [2.24, 2.45) is 0 Å². The van der Waals surface area contributed by atoms with Crippen LogP contribution < -0.4 is 5.32 Å². The summed E-state index contributed by atoms with van der Waals surface area (Å²) in [7, 11) is 0. The Labute approximate surface area is 108 Å². The van der Waals surface area contributed by atoms with Crippen LogP contribution in [0.2, 0.25) is 0 Å². The Morgan fingerprint density at radius 2 is 1.94 bits per heavy atom. The third-order valence-corrected chi connectivity index (χ3v) is 3.55. The Bertz CT molecular complexity index is 508. The van der Waals surface area contributed by atoms with Gasteiger partial charge in [0.1, 0.15) is 5.76 Å². The molecule has 94 valence electrons. The van der Waals surface area contributed by atoms with Crippen molar-refractivity contribution >= 4 is 0 Å². The Morgan fingerprint density at radius 1 is 1.17 bits per heavy atom. The first kappa shape index (κ1) is 11.5. The third-order valence-electron chi connectivity index (χ3n) is 3.55. The van der Waals surface area contributed by atoms with E-state index >= 15 is 0 Å². The predicted molar refractivity (Wildman–Crippen MR) is 73.4 cm³/mol. The molecule has 1 fully saturated rings. The molecule has 0 bridgehead atoms. The van der Waals surface area contributed by atoms with Gasteiger partial charge in [-0.15, -0.1) is 0 Å². The van der Waals surface area contributed by atoms with Gasteiger partial charge in [0.25, 0.3) is 0 Å². The van der Waals surface area contributed by atoms with Crippen molar-refractivity contribution in [1.29, 1.82) is 0 Å². The molecule has 1 aromatic heterocycles. The minimum atomic E-state index is 0.713. The molecular formula is C16H19NO. The minimum absolute atomic E-state index is 0.713. The largest absolute Gasteiger partial charge is 0.467 e. The van der Waals surface area contributed by atoms with Crippen LogP contribution in [0.25, 0.3) is 11.1 Å². The van der Waals surface area contributed by atoms with E-state index < -0.39 is 0 Å². The molecule has 3 rings (SSSR count). The fraction of sp³-hybridized carbons (Fsp3) is 0.375. The molecule has 0 spiro atoms. The van der Waals surface area contributed by atoms with Crippen LogP contribution in [0.5, 0.6) is 0 Å². The third kappa shape index (κ3) is 2.49. The fourth-order valence-corrected chi connectivity index (χ4v) is 2.18. The second-order valence-electron chi connectivity index (χ2n) is 4.96. The molecule has 2 heteroatoms. The molecule has 0 amide bonds. The highest BCUT2D eigenvalue weighted by molar-refractivity contribution is 5.65. The van der Waals surface area contributed by atoms with E-state index in [1.54, 1.807) is 6.26 Å². The zero-order chi connectivity index (χ0) is 12.4. The summed E-state index contributed by atoms with van der Waals surface area (Å²) in [5, 5.41) is 3.50. The van der Waals surface area contributed by atoms with E-state index in [-0.39, 0.29) is 0 Å². The quantitative estimate of drug-likeness (QED) is 0.862. The lowest BCUT2D eigenvalue weighted by atomic mass is 10.0. The van der Waals surface area contributed by atoms with Gasteiger partial charge in [0, 0.05) is 11.6 Å². The first-order chi connectivity index (χ1) is 8.86. The van der Waals surface area contributed by atoms with Gasteiger partial charge in [0.15, 0.2) is 0 Å². The number of rotatable bonds is 5. The predicted octanol–water partition coefficient (Wildman–Crippen LogP) is 3.76. The van der Waals surface area contributed by atoms with E-state index in [9.17, 15) is 0 Å². The van der Waals surface area contributed by atoms with Crippen LogP contribution in [0.15, 0.2) is 41.0 Å². The van der Waals surface area contributed by atoms with Crippen LogP contribution in [0, 0.1) is 0 Å². The molecule has 1 aliphatic rings. The van der Waals surface area contributed by atoms with E-state index in [0.717, 1.165) is 18.7 Å². The van der Waals surface area contributed by atoms with Crippen molar-refractivity contribution in [3.05, 3.63) is 47.9 Å². The van der Waals surface area contributed by atoms with Gasteiger partial charge < -0.3 is 9.73 Å². The van der Waals surface area contributed by atoms with Gasteiger partial charge in [-0.3, -0.25) is 0 Å². The second-order valence-corrected chi connectivity index (χ2v) is 4.96. The maximum Gasteiger partial charge on any atom is 0.125 e. The van der Waals surface area contributed by atoms with E-state index in [4.69, 9.17) is 4.42 Å². The first-order valence-electron chi connectivity index (χ1n) is 6.76. The molecule has 2 aromatic rings. The molecule has 1 N–H and O–H groups in total. The lowest BCUT2D eigenvalue weighted by Gasteiger charge is -2.05. The van der Waals surface area contributed by atoms with Crippen LogP contribution in [0.3, 0.4) is 0 Å². The van der Waals surface area contributed by atoms with Gasteiger partial charge in [0.2, 0.25) is 0 Å². The maximum atomic E-state index is 5.59. The van der Waals surface area contributed by atoms with Gasteiger partial charge in [-0.1, -0.05) is 31.2 Å². The molecule has 1 aliphatic carbocycles. The van der Waals surface area contributed by atoms with Crippen molar-refractivity contribution in [3.8, 4) is 11.1 Å². The second kappa shape index (κ2) is 4.99. The number of furan rings is 1. The van der Waals surface area contributed by atoms with Crippen molar-refractivity contribution in [1.82, 2.24) is 5.32 Å². The van der Waals surface area contributed by atoms with Crippen molar-refractivity contribution in [2.45, 2.75) is 38.8 Å². The smallest absolute Gasteiger partial charge is 0.125 e. The van der Waals surface area contributed by atoms with Crippen LogP contribution >= 0.6 is 0 Å². The van der Waals surface area contributed by atoms with Crippen LogP contribution in [0.4, 0.5) is 0 Å². The fourth-order valence-electron chi connectivity index (χ4n) is 2.18. The first-order valence-corrected chi connectivity index (χ1v) is 6.76. The van der Waals surface area contributed by atoms with E-state index in [0.29, 0.717) is 6.04 Å². The van der Waals surface area contributed by atoms with E-state index in [1.807, 2.05) is 0 Å². The summed E-state index contributed by atoms with van der Waals surface area (Å²) < 4.78 is 5.59. The summed E-state index contributed by atoms with van der Waals surface area (Å²) in [6.07, 6.45) is 5.48. The lowest BCUT2D eigenvalue weighted by Crippen LogP contribution is -2.15. The topological polar surface area (TPSA) is 25.2 Å². The average Bonchev–Trinajstić information content (AvgIpc) is 3.14. The Kier molecular flexibility index (Phi) is 3.20. The summed E-state index contributed by atoms with van der Waals surface area (Å²) in [5.41, 5.74) is 3.83. The SMILES string of the molecule is CCc1ccc(-c2ccoc2CNC2CC2)cc1. The highest BCUT2D eigenvalue weighted by Gasteiger charge is 2.21. The van der Waals surface area contributed by atoms with Gasteiger partial charge in [0.05, 0.1) is 12.8 Å². The number of hydrogen-bond acceptors (Lipinski definition) is 2. The zero-order valence-electron chi connectivity index (χ0n) is 10.8. The molecule has 0 aliphatic heterocycles. The normalized spacial score (nSPS) is 14.9. The van der Waals surface area contributed by atoms with Crippen LogP contribution in [-0.4, -0.2) is 6.04 Å². The van der Waals surface area contributed by atoms with Crippen LogP contribution in [-0.2, 0) is 13.0 Å². The summed E-state index contributed by atoms with van der Waals surface area (Å²) in [5.74, 6) is 1.05. The standard InChI is InChI=1S/C16H19NO/c1-2-12-3-5-13(6-4-12)15-9-10-18-16(15)11-17-14-7-8-14/h3-6,9-10,14,17H,2,7-8,11H2,1H3. The molecule has 18 heavy (non-hydrogen) atoms. The van der Waals surface area contributed by atoms with Gasteiger partial charge in [-0.25, -0.2) is 0 Å². The van der Waals surface area contributed by atoms with Crippen molar-refractivity contribution in [2.75, 3.05) is 0 Å². The van der Waals surface area contributed by atoms with Gasteiger partial charge >= 0.3 is 0 Å². The molecule has 1 heterocycles. The number of aryl methyl sites for hydroxylation is 1. The summed E-state index contributed by atoms with van der Waals surface area (Å²) >= 11 is 0. The zero-order valence-corrected chi connectivity index (χ0v) is 10.8. The molecule has 0 saturated heterocycles. The highest BCUT2D eigenvalue weighted by Crippen LogP contribution is 2.26. The Hall–Kier alpha value is -1.54. The van der Waals surface area contributed by atoms with E-state index in [2.05, 4.69) is 42.6 Å². The molecule has 2 nitrogen and oxygen atoms in total. The summed E-state index contributed by atoms with van der Waals surface area (Å²) in [6, 6.07) is 11.5. The molecule has 0 radical (unpaired) electrons. The Morgan fingerprint density at radius 3 is 2.61 bits per heavy atom. The molecule has 1 aromatic carbocycles. The number of benzene rings is 1.